The Hall–Kier alpha value is -2.77. The number of thiazole rings is 1. The van der Waals surface area contributed by atoms with Crippen molar-refractivity contribution in [2.24, 2.45) is 11.1 Å². The van der Waals surface area contributed by atoms with Gasteiger partial charge in [-0.05, 0) is 32.3 Å². The molecule has 2 heterocycles. The zero-order valence-corrected chi connectivity index (χ0v) is 21.0. The number of nitrogens with zero attached hydrogens (tertiary/aromatic N) is 3. The van der Waals surface area contributed by atoms with Crippen molar-refractivity contribution in [2.75, 3.05) is 11.9 Å². The Morgan fingerprint density at radius 1 is 1.31 bits per heavy atom. The van der Waals surface area contributed by atoms with Gasteiger partial charge in [0.1, 0.15) is 12.1 Å². The molecule has 186 valence electrons. The van der Waals surface area contributed by atoms with Crippen molar-refractivity contribution < 1.29 is 22.5 Å². The number of benzene rings is 1. The largest absolute Gasteiger partial charge is 0.393 e. The van der Waals surface area contributed by atoms with E-state index in [1.807, 2.05) is 32.0 Å². The highest BCUT2D eigenvalue weighted by molar-refractivity contribution is 7.84. The summed E-state index contributed by atoms with van der Waals surface area (Å²) in [7, 11) is -4.09. The number of aliphatic hydroxyl groups is 1. The smallest absolute Gasteiger partial charge is 0.333 e. The fourth-order valence-electron chi connectivity index (χ4n) is 4.21. The lowest BCUT2D eigenvalue weighted by Gasteiger charge is -2.15. The van der Waals surface area contributed by atoms with Crippen LogP contribution in [-0.2, 0) is 20.9 Å². The van der Waals surface area contributed by atoms with Crippen LogP contribution < -0.4 is 10.5 Å². The van der Waals surface area contributed by atoms with Crippen LogP contribution >= 0.6 is 11.3 Å². The van der Waals surface area contributed by atoms with E-state index < -0.39 is 22.3 Å². The molecule has 1 aliphatic carbocycles. The van der Waals surface area contributed by atoms with Crippen LogP contribution in [0.25, 0.3) is 0 Å². The van der Waals surface area contributed by atoms with Crippen LogP contribution in [0.2, 0.25) is 0 Å². The Balaban J connectivity index is 1.48. The summed E-state index contributed by atoms with van der Waals surface area (Å²) in [6.45, 7) is 3.77. The first-order chi connectivity index (χ1) is 16.6. The molecule has 0 saturated heterocycles. The summed E-state index contributed by atoms with van der Waals surface area (Å²) in [6, 6.07) is 7.94. The molecule has 0 aliphatic heterocycles. The summed E-state index contributed by atoms with van der Waals surface area (Å²) < 4.78 is 26.8. The average Bonchev–Trinajstić information content (AvgIpc) is 3.33. The van der Waals surface area contributed by atoms with E-state index in [4.69, 9.17) is 5.14 Å². The van der Waals surface area contributed by atoms with Crippen molar-refractivity contribution in [3.8, 4) is 0 Å². The number of aliphatic hydroxyl groups excluding tert-OH is 1. The van der Waals surface area contributed by atoms with Crippen LogP contribution in [0.4, 0.5) is 5.82 Å². The number of carbonyl (C=O) groups excluding carboxylic acids is 1. The van der Waals surface area contributed by atoms with Gasteiger partial charge >= 0.3 is 10.3 Å². The van der Waals surface area contributed by atoms with E-state index in [2.05, 4.69) is 30.5 Å². The van der Waals surface area contributed by atoms with Crippen LogP contribution in [-0.4, -0.2) is 53.0 Å². The lowest BCUT2D eigenvalue weighted by atomic mass is 10.1. The molecule has 35 heavy (non-hydrogen) atoms. The SMILES string of the molecule is Cc1cccc(Cc2nc(C(=O)c3cncnc3N[C@@H]3C[C@H](COS(N)(=O)=O)[C@@H](O)C3)sc2C)c1. The Morgan fingerprint density at radius 3 is 2.86 bits per heavy atom. The van der Waals surface area contributed by atoms with Gasteiger partial charge in [-0.15, -0.1) is 11.3 Å². The molecule has 3 atom stereocenters. The quantitative estimate of drug-likeness (QED) is 0.362. The molecule has 1 aromatic carbocycles. The first kappa shape index (κ1) is 25.3. The summed E-state index contributed by atoms with van der Waals surface area (Å²) in [4.78, 5) is 27.2. The average molecular weight is 518 g/mol. The van der Waals surface area contributed by atoms with Gasteiger partial charge in [0.2, 0.25) is 5.78 Å². The third kappa shape index (κ3) is 6.47. The standard InChI is InChI=1S/C23H27N5O5S2/c1-13-4-3-5-15(6-13)7-19-14(2)34-23(28-19)21(30)18-10-25-12-26-22(18)27-17-8-16(20(29)9-17)11-33-35(24,31)32/h3-6,10,12,16-17,20,29H,7-9,11H2,1-2H3,(H2,24,31,32)(H,25,26,27)/t16-,17-,20+/m1/s1. The molecule has 1 saturated carbocycles. The van der Waals surface area contributed by atoms with Crippen molar-refractivity contribution in [3.63, 3.8) is 0 Å². The molecule has 10 nitrogen and oxygen atoms in total. The Morgan fingerprint density at radius 2 is 2.11 bits per heavy atom. The minimum absolute atomic E-state index is 0.212. The van der Waals surface area contributed by atoms with Gasteiger partial charge in [0.25, 0.3) is 0 Å². The fourth-order valence-corrected chi connectivity index (χ4v) is 5.45. The van der Waals surface area contributed by atoms with E-state index in [0.29, 0.717) is 30.1 Å². The zero-order valence-electron chi connectivity index (χ0n) is 19.3. The molecule has 4 N–H and O–H groups in total. The van der Waals surface area contributed by atoms with Crippen molar-refractivity contribution in [1.82, 2.24) is 15.0 Å². The highest BCUT2D eigenvalue weighted by atomic mass is 32.2. The van der Waals surface area contributed by atoms with Crippen molar-refractivity contribution in [3.05, 3.63) is 69.1 Å². The molecule has 1 fully saturated rings. The highest BCUT2D eigenvalue weighted by Crippen LogP contribution is 2.30. The van der Waals surface area contributed by atoms with E-state index in [0.717, 1.165) is 16.1 Å². The third-order valence-corrected chi connectivity index (χ3v) is 7.42. The van der Waals surface area contributed by atoms with Crippen molar-refractivity contribution in [2.45, 2.75) is 45.3 Å². The van der Waals surface area contributed by atoms with E-state index >= 15 is 0 Å². The fraction of sp³-hybridized carbons (Fsp3) is 0.391. The number of carbonyl (C=O) groups is 1. The number of ketones is 1. The lowest BCUT2D eigenvalue weighted by molar-refractivity contribution is 0.101. The van der Waals surface area contributed by atoms with Crippen LogP contribution in [0.15, 0.2) is 36.8 Å². The number of nitrogens with two attached hydrogens (primary N) is 1. The summed E-state index contributed by atoms with van der Waals surface area (Å²) in [5, 5.41) is 18.7. The number of nitrogens with one attached hydrogen (secondary N) is 1. The second-order valence-electron chi connectivity index (χ2n) is 8.72. The van der Waals surface area contributed by atoms with Gasteiger partial charge < -0.3 is 10.4 Å². The maximum atomic E-state index is 13.3. The second kappa shape index (κ2) is 10.5. The van der Waals surface area contributed by atoms with Gasteiger partial charge in [-0.1, -0.05) is 29.8 Å². The van der Waals surface area contributed by atoms with E-state index in [9.17, 15) is 18.3 Å². The monoisotopic (exact) mass is 517 g/mol. The summed E-state index contributed by atoms with van der Waals surface area (Å²) in [6.07, 6.45) is 3.40. The Labute approximate surface area is 207 Å². The Bertz CT molecular complexity index is 1330. The maximum Gasteiger partial charge on any atom is 0.333 e. The molecule has 1 aliphatic rings. The topological polar surface area (TPSA) is 157 Å². The number of aryl methyl sites for hydroxylation is 2. The van der Waals surface area contributed by atoms with Gasteiger partial charge in [0, 0.05) is 29.5 Å². The molecule has 12 heteroatoms. The van der Waals surface area contributed by atoms with E-state index in [-0.39, 0.29) is 24.0 Å². The van der Waals surface area contributed by atoms with Crippen LogP contribution in [0, 0.1) is 19.8 Å². The summed E-state index contributed by atoms with van der Waals surface area (Å²) in [5.74, 6) is -0.370. The van der Waals surface area contributed by atoms with Gasteiger partial charge in [0.15, 0.2) is 5.01 Å². The summed E-state index contributed by atoms with van der Waals surface area (Å²) in [5.41, 5.74) is 3.43. The molecule has 2 aromatic heterocycles. The summed E-state index contributed by atoms with van der Waals surface area (Å²) >= 11 is 1.33. The number of anilines is 1. The van der Waals surface area contributed by atoms with Crippen LogP contribution in [0.3, 0.4) is 0 Å². The molecule has 0 spiro atoms. The predicted octanol–water partition coefficient (Wildman–Crippen LogP) is 2.14. The molecule has 4 rings (SSSR count). The maximum absolute atomic E-state index is 13.3. The lowest BCUT2D eigenvalue weighted by Crippen LogP contribution is -2.24. The van der Waals surface area contributed by atoms with Gasteiger partial charge in [-0.25, -0.2) is 20.1 Å². The van der Waals surface area contributed by atoms with Crippen LogP contribution in [0.5, 0.6) is 0 Å². The molecule has 0 unspecified atom stereocenters. The second-order valence-corrected chi connectivity index (χ2v) is 11.1. The third-order valence-electron chi connectivity index (χ3n) is 5.94. The minimum atomic E-state index is -4.09. The van der Waals surface area contributed by atoms with Gasteiger partial charge in [-0.3, -0.25) is 8.98 Å². The molecule has 3 aromatic rings. The van der Waals surface area contributed by atoms with E-state index in [1.54, 1.807) is 0 Å². The van der Waals surface area contributed by atoms with Crippen molar-refractivity contribution in [1.29, 1.82) is 0 Å². The number of hydrogen-bond acceptors (Lipinski definition) is 10. The number of aromatic nitrogens is 3. The van der Waals surface area contributed by atoms with E-state index in [1.165, 1.54) is 29.4 Å². The molecular weight excluding hydrogens is 490 g/mol. The number of rotatable bonds is 9. The molecule has 0 amide bonds. The molecular formula is C23H27N5O5S2. The molecule has 0 radical (unpaired) electrons. The number of hydrogen-bond donors (Lipinski definition) is 3. The minimum Gasteiger partial charge on any atom is -0.393 e. The first-order valence-electron chi connectivity index (χ1n) is 11.1. The van der Waals surface area contributed by atoms with Crippen molar-refractivity contribution >= 4 is 33.2 Å². The first-order valence-corrected chi connectivity index (χ1v) is 13.4. The predicted molar refractivity (Wildman–Crippen MR) is 132 cm³/mol. The van der Waals surface area contributed by atoms with Gasteiger partial charge in [0.05, 0.1) is 24.0 Å². The normalized spacial score (nSPS) is 20.2. The zero-order chi connectivity index (χ0) is 25.2. The van der Waals surface area contributed by atoms with Crippen LogP contribution in [0.1, 0.15) is 49.9 Å². The molecule has 0 bridgehead atoms. The Kier molecular flexibility index (Phi) is 7.57. The van der Waals surface area contributed by atoms with Gasteiger partial charge in [-0.2, -0.15) is 8.42 Å². The highest BCUT2D eigenvalue weighted by Gasteiger charge is 2.35.